The van der Waals surface area contributed by atoms with Crippen LogP contribution in [0.25, 0.3) is 0 Å². The Balaban J connectivity index is 3.67. The summed E-state index contributed by atoms with van der Waals surface area (Å²) in [6.45, 7) is 2.30. The molecule has 0 saturated carbocycles. The molecule has 46 heavy (non-hydrogen) atoms. The van der Waals surface area contributed by atoms with Gasteiger partial charge in [0.2, 0.25) is 0 Å². The summed E-state index contributed by atoms with van der Waals surface area (Å²) >= 11 is 0. The Kier molecular flexibility index (Phi) is 29.0. The first-order valence-corrected chi connectivity index (χ1v) is 17.1. The Labute approximate surface area is 279 Å². The number of aliphatic hydroxyl groups excluding tert-OH is 1. The average Bonchev–Trinajstić information content (AvgIpc) is 3.00. The maximum atomic E-state index is 11.9. The predicted octanol–water partition coefficient (Wildman–Crippen LogP) is 6.52. The van der Waals surface area contributed by atoms with Crippen LogP contribution in [0.3, 0.4) is 0 Å². The molecule has 0 bridgehead atoms. The zero-order valence-electron chi connectivity index (χ0n) is 29.2. The van der Waals surface area contributed by atoms with Crippen molar-refractivity contribution in [2.24, 2.45) is 0 Å². The average molecular weight is 646 g/mol. The van der Waals surface area contributed by atoms with Crippen molar-refractivity contribution in [1.82, 2.24) is 0 Å². The van der Waals surface area contributed by atoms with Gasteiger partial charge in [-0.2, -0.15) is 0 Å². The first kappa shape index (κ1) is 43.2. The van der Waals surface area contributed by atoms with Gasteiger partial charge >= 0.3 is 5.97 Å². The van der Waals surface area contributed by atoms with E-state index in [1.807, 2.05) is 21.1 Å². The van der Waals surface area contributed by atoms with E-state index in [2.05, 4.69) is 79.8 Å². The third kappa shape index (κ3) is 32.6. The van der Waals surface area contributed by atoms with Crippen LogP contribution >= 0.6 is 0 Å². The number of esters is 1. The first-order valence-electron chi connectivity index (χ1n) is 17.1. The summed E-state index contributed by atoms with van der Waals surface area (Å²) in [6, 6.07) is 0. The smallest absolute Gasteiger partial charge is 0.305 e. The second kappa shape index (κ2) is 30.9. The normalized spacial score (nSPS) is 14.2. The van der Waals surface area contributed by atoms with Gasteiger partial charge in [0.15, 0.2) is 6.29 Å². The number of carboxylic acid groups (broad SMARTS) is 1. The number of carboxylic acids is 1. The Hall–Kier alpha value is -2.78. The van der Waals surface area contributed by atoms with E-state index >= 15 is 0 Å². The number of quaternary nitrogens is 1. The molecule has 0 aliphatic carbocycles. The zero-order valence-corrected chi connectivity index (χ0v) is 29.2. The summed E-state index contributed by atoms with van der Waals surface area (Å²) in [5, 5.41) is 21.1. The van der Waals surface area contributed by atoms with Crippen molar-refractivity contribution in [3.8, 4) is 0 Å². The van der Waals surface area contributed by atoms with Crippen LogP contribution in [0.2, 0.25) is 0 Å². The van der Waals surface area contributed by atoms with Crippen LogP contribution < -0.4 is 5.11 Å². The minimum atomic E-state index is -1.58. The molecule has 0 aromatic rings. The van der Waals surface area contributed by atoms with Gasteiger partial charge in [-0.1, -0.05) is 106 Å². The molecule has 0 aliphatic heterocycles. The second-order valence-electron chi connectivity index (χ2n) is 12.3. The fourth-order valence-electron chi connectivity index (χ4n) is 4.00. The van der Waals surface area contributed by atoms with Gasteiger partial charge in [0.25, 0.3) is 0 Å². The van der Waals surface area contributed by atoms with Gasteiger partial charge in [-0.3, -0.25) is 4.79 Å². The van der Waals surface area contributed by atoms with Gasteiger partial charge in [0.1, 0.15) is 19.3 Å². The Morgan fingerprint density at radius 3 is 1.65 bits per heavy atom. The third-order valence-corrected chi connectivity index (χ3v) is 6.70. The molecule has 0 aliphatic rings. The number of ether oxygens (including phenoxy) is 3. The van der Waals surface area contributed by atoms with E-state index in [1.165, 1.54) is 12.8 Å². The number of aliphatic hydroxyl groups is 1. The molecule has 2 unspecified atom stereocenters. The summed E-state index contributed by atoms with van der Waals surface area (Å²) in [7, 11) is 5.85. The van der Waals surface area contributed by atoms with E-state index in [4.69, 9.17) is 14.2 Å². The second-order valence-corrected chi connectivity index (χ2v) is 12.3. The standard InChI is InChI=1S/C38H63NO7/c1-5-6-7-8-9-10-11-12-13-14-15-16-17-18-19-20-21-22-23-24-25-26-27-28-29-30-36(41)45-33-35(40)34-46-38(37(42)43)44-32-31-39(2,3)4/h6-7,9-10,12-13,15-16,18-19,21-22,35,38,40H,5,8,11,14,17,20,23-34H2,1-4H3/b7-6-,10-9-,13-12-,16-15-,19-18-,22-21-. The molecule has 0 spiro atoms. The van der Waals surface area contributed by atoms with Gasteiger partial charge in [0, 0.05) is 6.42 Å². The highest BCUT2D eigenvalue weighted by atomic mass is 16.7. The minimum Gasteiger partial charge on any atom is -0.545 e. The summed E-state index contributed by atoms with van der Waals surface area (Å²) in [5.41, 5.74) is 0. The highest BCUT2D eigenvalue weighted by Gasteiger charge is 2.17. The van der Waals surface area contributed by atoms with Crippen LogP contribution in [0.15, 0.2) is 72.9 Å². The van der Waals surface area contributed by atoms with E-state index in [0.29, 0.717) is 17.4 Å². The summed E-state index contributed by atoms with van der Waals surface area (Å²) in [6.07, 6.45) is 37.6. The maximum Gasteiger partial charge on any atom is 0.305 e. The van der Waals surface area contributed by atoms with Gasteiger partial charge in [0.05, 0.1) is 40.3 Å². The molecule has 0 amide bonds. The molecule has 0 heterocycles. The molecule has 0 saturated heterocycles. The number of allylic oxidation sites excluding steroid dienone is 12. The van der Waals surface area contributed by atoms with E-state index in [-0.39, 0.29) is 25.8 Å². The topological polar surface area (TPSA) is 105 Å². The van der Waals surface area contributed by atoms with Crippen molar-refractivity contribution >= 4 is 11.9 Å². The number of rotatable bonds is 30. The van der Waals surface area contributed by atoms with Crippen molar-refractivity contribution in [1.29, 1.82) is 0 Å². The van der Waals surface area contributed by atoms with Crippen LogP contribution in [0.1, 0.15) is 96.8 Å². The molecule has 1 N–H and O–H groups in total. The minimum absolute atomic E-state index is 0.163. The number of nitrogens with zero attached hydrogens (tertiary/aromatic N) is 1. The van der Waals surface area contributed by atoms with E-state index in [1.54, 1.807) is 0 Å². The van der Waals surface area contributed by atoms with Gasteiger partial charge in [-0.15, -0.1) is 0 Å². The number of unbranched alkanes of at least 4 members (excludes halogenated alkanes) is 6. The number of hydrogen-bond donors (Lipinski definition) is 1. The fraction of sp³-hybridized carbons (Fsp3) is 0.632. The molecule has 262 valence electrons. The lowest BCUT2D eigenvalue weighted by Crippen LogP contribution is -2.44. The number of carbonyl (C=O) groups excluding carboxylic acids is 2. The molecule has 0 aromatic carbocycles. The Bertz CT molecular complexity index is 928. The molecule has 2 atom stereocenters. The van der Waals surface area contributed by atoms with E-state index < -0.39 is 18.4 Å². The first-order chi connectivity index (χ1) is 22.2. The predicted molar refractivity (Wildman–Crippen MR) is 186 cm³/mol. The van der Waals surface area contributed by atoms with Gasteiger partial charge in [-0.05, 0) is 57.8 Å². The summed E-state index contributed by atoms with van der Waals surface area (Å²) in [4.78, 5) is 23.1. The third-order valence-electron chi connectivity index (χ3n) is 6.70. The molecule has 8 nitrogen and oxygen atoms in total. The summed E-state index contributed by atoms with van der Waals surface area (Å²) < 4.78 is 15.9. The lowest BCUT2D eigenvalue weighted by molar-refractivity contribution is -0.870. The van der Waals surface area contributed by atoms with E-state index in [9.17, 15) is 19.8 Å². The highest BCUT2D eigenvalue weighted by molar-refractivity contribution is 5.69. The van der Waals surface area contributed by atoms with Gasteiger partial charge in [-0.25, -0.2) is 0 Å². The number of hydrogen-bond acceptors (Lipinski definition) is 7. The number of carbonyl (C=O) groups is 2. The van der Waals surface area contributed by atoms with Crippen LogP contribution in [0.5, 0.6) is 0 Å². The van der Waals surface area contributed by atoms with Crippen LogP contribution in [-0.4, -0.2) is 81.4 Å². The largest absolute Gasteiger partial charge is 0.545 e. The van der Waals surface area contributed by atoms with Crippen molar-refractivity contribution in [3.63, 3.8) is 0 Å². The highest BCUT2D eigenvalue weighted by Crippen LogP contribution is 2.10. The fourth-order valence-corrected chi connectivity index (χ4v) is 4.00. The van der Waals surface area contributed by atoms with Crippen molar-refractivity contribution in [2.45, 2.75) is 109 Å². The lowest BCUT2D eigenvalue weighted by atomic mass is 10.1. The van der Waals surface area contributed by atoms with Gasteiger partial charge < -0.3 is 33.7 Å². The SMILES string of the molecule is CC/C=C\C/C=C\C/C=C\C/C=C\C/C=C\C/C=C\CCCCCCCCC(=O)OCC(O)COC(OCC[N+](C)(C)C)C(=O)[O-]. The monoisotopic (exact) mass is 645 g/mol. The maximum absolute atomic E-state index is 11.9. The van der Waals surface area contributed by atoms with Crippen molar-refractivity contribution in [3.05, 3.63) is 72.9 Å². The zero-order chi connectivity index (χ0) is 34.1. The molecule has 0 radical (unpaired) electrons. The molecule has 0 rings (SSSR count). The number of likely N-dealkylation sites (N-methyl/N-ethyl adjacent to an activating group) is 1. The van der Waals surface area contributed by atoms with Crippen LogP contribution in [-0.2, 0) is 23.8 Å². The van der Waals surface area contributed by atoms with Crippen molar-refractivity contribution in [2.75, 3.05) is 47.5 Å². The van der Waals surface area contributed by atoms with Crippen LogP contribution in [0, 0.1) is 0 Å². The van der Waals surface area contributed by atoms with Crippen LogP contribution in [0.4, 0.5) is 0 Å². The Morgan fingerprint density at radius 2 is 1.15 bits per heavy atom. The lowest BCUT2D eigenvalue weighted by Gasteiger charge is -2.26. The molecular formula is C38H63NO7. The quantitative estimate of drug-likeness (QED) is 0.0312. The van der Waals surface area contributed by atoms with Crippen molar-refractivity contribution < 1.29 is 38.5 Å². The number of aliphatic carboxylic acids is 1. The molecule has 8 heteroatoms. The Morgan fingerprint density at radius 1 is 0.674 bits per heavy atom. The molecule has 0 aromatic heterocycles. The van der Waals surface area contributed by atoms with E-state index in [0.717, 1.165) is 70.6 Å². The molecule has 0 fully saturated rings. The molecular weight excluding hydrogens is 582 g/mol. The summed E-state index contributed by atoms with van der Waals surface area (Å²) in [5.74, 6) is -1.90.